The van der Waals surface area contributed by atoms with Crippen molar-refractivity contribution in [3.8, 4) is 11.8 Å². The first-order valence-electron chi connectivity index (χ1n) is 14.3. The van der Waals surface area contributed by atoms with Crippen molar-refractivity contribution in [3.63, 3.8) is 0 Å². The second-order valence-corrected chi connectivity index (χ2v) is 11.1. The largest absolute Gasteiger partial charge is 0.434 e. The van der Waals surface area contributed by atoms with Crippen LogP contribution in [0.25, 0.3) is 10.8 Å². The molecule has 1 heterocycles. The number of carbonyl (C=O) groups is 3. The Morgan fingerprint density at radius 2 is 1.80 bits per heavy atom. The molecule has 0 unspecified atom stereocenters. The van der Waals surface area contributed by atoms with E-state index in [9.17, 15) is 28.4 Å². The SMILES string of the molecule is CC[C@@H](C)C(=O)N[C@H]1CN(C(=O)c2ccc(C#N)cc2)c2cc(Cl)ccc2N(Cc2c(OC(F)F)ccc3ccccc23)C1=O. The first kappa shape index (κ1) is 31.4. The third kappa shape index (κ3) is 6.59. The fourth-order valence-electron chi connectivity index (χ4n) is 5.26. The van der Waals surface area contributed by atoms with Crippen LogP contribution in [0.3, 0.4) is 0 Å². The molecule has 0 saturated heterocycles. The second-order valence-electron chi connectivity index (χ2n) is 10.7. The van der Waals surface area contributed by atoms with Crippen LogP contribution in [-0.4, -0.2) is 36.9 Å². The molecule has 0 saturated carbocycles. The normalized spacial score (nSPS) is 15.3. The lowest BCUT2D eigenvalue weighted by Gasteiger charge is -2.27. The van der Waals surface area contributed by atoms with Gasteiger partial charge in [-0.15, -0.1) is 0 Å². The van der Waals surface area contributed by atoms with E-state index < -0.39 is 30.4 Å². The third-order valence-electron chi connectivity index (χ3n) is 7.86. The number of benzene rings is 4. The average molecular weight is 631 g/mol. The summed E-state index contributed by atoms with van der Waals surface area (Å²) in [7, 11) is 0. The Labute approximate surface area is 263 Å². The van der Waals surface area contributed by atoms with Crippen molar-refractivity contribution in [1.29, 1.82) is 5.26 Å². The minimum Gasteiger partial charge on any atom is -0.434 e. The molecule has 4 aromatic rings. The van der Waals surface area contributed by atoms with Crippen LogP contribution in [0.1, 0.15) is 41.8 Å². The summed E-state index contributed by atoms with van der Waals surface area (Å²) in [6, 6.07) is 21.7. The van der Waals surface area contributed by atoms with Gasteiger partial charge in [0.2, 0.25) is 5.91 Å². The molecular weight excluding hydrogens is 602 g/mol. The molecular formula is C34H29ClF2N4O4. The number of nitriles is 1. The van der Waals surface area contributed by atoms with E-state index in [-0.39, 0.29) is 46.7 Å². The molecule has 11 heteroatoms. The predicted octanol–water partition coefficient (Wildman–Crippen LogP) is 6.69. The smallest absolute Gasteiger partial charge is 0.387 e. The number of halogens is 3. The molecule has 1 N–H and O–H groups in total. The highest BCUT2D eigenvalue weighted by molar-refractivity contribution is 6.31. The molecule has 0 aliphatic carbocycles. The van der Waals surface area contributed by atoms with Crippen molar-refractivity contribution < 1.29 is 27.9 Å². The first-order valence-corrected chi connectivity index (χ1v) is 14.7. The van der Waals surface area contributed by atoms with Crippen LogP contribution in [0, 0.1) is 17.2 Å². The Morgan fingerprint density at radius 3 is 2.49 bits per heavy atom. The maximum Gasteiger partial charge on any atom is 0.387 e. The summed E-state index contributed by atoms with van der Waals surface area (Å²) in [5, 5.41) is 13.6. The van der Waals surface area contributed by atoms with Crippen LogP contribution in [0.5, 0.6) is 5.75 Å². The molecule has 5 rings (SSSR count). The number of anilines is 2. The maximum atomic E-state index is 14.4. The fourth-order valence-corrected chi connectivity index (χ4v) is 5.42. The Hall–Kier alpha value is -5.01. The lowest BCUT2D eigenvalue weighted by atomic mass is 10.0. The van der Waals surface area contributed by atoms with Gasteiger partial charge in [0.05, 0.1) is 36.1 Å². The molecule has 4 aromatic carbocycles. The molecule has 230 valence electrons. The van der Waals surface area contributed by atoms with E-state index >= 15 is 0 Å². The monoisotopic (exact) mass is 630 g/mol. The van der Waals surface area contributed by atoms with Crippen molar-refractivity contribution in [1.82, 2.24) is 5.32 Å². The van der Waals surface area contributed by atoms with Crippen LogP contribution in [0.4, 0.5) is 20.2 Å². The van der Waals surface area contributed by atoms with Crippen LogP contribution in [0.15, 0.2) is 78.9 Å². The number of carbonyl (C=O) groups excluding carboxylic acids is 3. The molecule has 0 aromatic heterocycles. The summed E-state index contributed by atoms with van der Waals surface area (Å²) in [4.78, 5) is 44.3. The summed E-state index contributed by atoms with van der Waals surface area (Å²) in [5.41, 5.74) is 1.49. The lowest BCUT2D eigenvalue weighted by molar-refractivity contribution is -0.129. The predicted molar refractivity (Wildman–Crippen MR) is 167 cm³/mol. The molecule has 2 atom stereocenters. The molecule has 8 nitrogen and oxygen atoms in total. The number of rotatable bonds is 8. The minimum atomic E-state index is -3.11. The van der Waals surface area contributed by atoms with Crippen molar-refractivity contribution in [3.05, 3.63) is 101 Å². The Morgan fingerprint density at radius 1 is 1.07 bits per heavy atom. The van der Waals surface area contributed by atoms with Crippen molar-refractivity contribution in [2.45, 2.75) is 39.5 Å². The zero-order valence-electron chi connectivity index (χ0n) is 24.5. The number of alkyl halides is 2. The van der Waals surface area contributed by atoms with Gasteiger partial charge in [-0.25, -0.2) is 0 Å². The standard InChI is InChI=1S/C34H29ClF2N4O4/c1-3-20(2)31(42)39-27-19-41(32(43)23-10-8-21(17-38)9-11-23)29-16-24(35)13-14-28(29)40(33(27)44)18-26-25-7-5-4-6-22(25)12-15-30(26)45-34(36)37/h4-16,20,27,34H,3,18-19H2,1-2H3,(H,39,42)/t20-,27+/m1/s1. The third-order valence-corrected chi connectivity index (χ3v) is 8.10. The van der Waals surface area contributed by atoms with Gasteiger partial charge in [-0.2, -0.15) is 14.0 Å². The molecule has 0 spiro atoms. The van der Waals surface area contributed by atoms with E-state index in [0.29, 0.717) is 22.9 Å². The number of amides is 3. The maximum absolute atomic E-state index is 14.4. The summed E-state index contributed by atoms with van der Waals surface area (Å²) in [5.74, 6) is -1.95. The van der Waals surface area contributed by atoms with E-state index in [1.807, 2.05) is 19.1 Å². The zero-order chi connectivity index (χ0) is 32.2. The molecule has 1 aliphatic rings. The van der Waals surface area contributed by atoms with Crippen molar-refractivity contribution in [2.75, 3.05) is 16.3 Å². The van der Waals surface area contributed by atoms with Crippen LogP contribution < -0.4 is 19.9 Å². The Bertz CT molecular complexity index is 1810. The number of nitrogens with one attached hydrogen (secondary N) is 1. The van der Waals surface area contributed by atoms with E-state index in [0.717, 1.165) is 5.39 Å². The minimum absolute atomic E-state index is 0.109. The summed E-state index contributed by atoms with van der Waals surface area (Å²) >= 11 is 6.42. The van der Waals surface area contributed by atoms with E-state index in [4.69, 9.17) is 16.3 Å². The van der Waals surface area contributed by atoms with Crippen LogP contribution in [0.2, 0.25) is 5.02 Å². The topological polar surface area (TPSA) is 103 Å². The summed E-state index contributed by atoms with van der Waals surface area (Å²) in [6.07, 6.45) is 0.518. The summed E-state index contributed by atoms with van der Waals surface area (Å²) < 4.78 is 32.0. The number of hydrogen-bond acceptors (Lipinski definition) is 5. The number of hydrogen-bond donors (Lipinski definition) is 1. The average Bonchev–Trinajstić information content (AvgIpc) is 3.15. The molecule has 0 radical (unpaired) electrons. The highest BCUT2D eigenvalue weighted by atomic mass is 35.5. The Kier molecular flexibility index (Phi) is 9.30. The molecule has 0 bridgehead atoms. The van der Waals surface area contributed by atoms with Crippen molar-refractivity contribution in [2.24, 2.45) is 5.92 Å². The highest BCUT2D eigenvalue weighted by Crippen LogP contribution is 2.39. The summed E-state index contributed by atoms with van der Waals surface area (Å²) in [6.45, 7) is 0.00569. The quantitative estimate of drug-likeness (QED) is 0.234. The zero-order valence-corrected chi connectivity index (χ0v) is 25.2. The van der Waals surface area contributed by atoms with E-state index in [1.54, 1.807) is 43.3 Å². The second kappa shape index (κ2) is 13.3. The molecule has 45 heavy (non-hydrogen) atoms. The molecule has 0 fully saturated rings. The van der Waals surface area contributed by atoms with Gasteiger partial charge >= 0.3 is 6.61 Å². The molecule has 3 amide bonds. The first-order chi connectivity index (χ1) is 21.6. The number of nitrogens with zero attached hydrogens (tertiary/aromatic N) is 3. The molecule has 1 aliphatic heterocycles. The Balaban J connectivity index is 1.68. The van der Waals surface area contributed by atoms with Crippen LogP contribution in [-0.2, 0) is 16.1 Å². The number of ether oxygens (including phenoxy) is 1. The van der Waals surface area contributed by atoms with Gasteiger partial charge in [-0.3, -0.25) is 14.4 Å². The van der Waals surface area contributed by atoms with E-state index in [1.165, 1.54) is 46.2 Å². The fraction of sp³-hybridized carbons (Fsp3) is 0.235. The van der Waals surface area contributed by atoms with Gasteiger partial charge in [-0.05, 0) is 65.7 Å². The van der Waals surface area contributed by atoms with Gasteiger partial charge in [-0.1, -0.05) is 55.8 Å². The lowest BCUT2D eigenvalue weighted by Crippen LogP contribution is -2.53. The van der Waals surface area contributed by atoms with Crippen molar-refractivity contribution >= 4 is 51.5 Å². The van der Waals surface area contributed by atoms with Gasteiger partial charge in [0.1, 0.15) is 11.8 Å². The number of fused-ring (bicyclic) bond motifs is 2. The van der Waals surface area contributed by atoms with E-state index in [2.05, 4.69) is 5.32 Å². The van der Waals surface area contributed by atoms with Crippen LogP contribution >= 0.6 is 11.6 Å². The van der Waals surface area contributed by atoms with Gasteiger partial charge in [0.15, 0.2) is 0 Å². The van der Waals surface area contributed by atoms with Gasteiger partial charge in [0, 0.05) is 22.1 Å². The van der Waals surface area contributed by atoms with Gasteiger partial charge in [0.25, 0.3) is 11.8 Å². The highest BCUT2D eigenvalue weighted by Gasteiger charge is 2.38. The van der Waals surface area contributed by atoms with Gasteiger partial charge < -0.3 is 19.9 Å².